The maximum absolute atomic E-state index is 8.73. The number of pyridine rings is 2. The van der Waals surface area contributed by atoms with Gasteiger partial charge in [-0.05, 0) is 24.3 Å². The average Bonchev–Trinajstić information content (AvgIpc) is 2.47. The largest absolute Gasteiger partial charge is 0.492 e. The summed E-state index contributed by atoms with van der Waals surface area (Å²) >= 11 is 0. The Kier molecular flexibility index (Phi) is 3.46. The van der Waals surface area contributed by atoms with Crippen molar-refractivity contribution in [1.29, 1.82) is 5.26 Å². The van der Waals surface area contributed by atoms with E-state index in [-0.39, 0.29) is 0 Å². The SMILES string of the molecule is N#Cc1ccc(N2CC(COc3cccnc3)C2)nc1. The Bertz CT molecular complexity index is 600. The number of ether oxygens (including phenoxy) is 1. The number of nitriles is 1. The van der Waals surface area contributed by atoms with Crippen LogP contribution in [0.2, 0.25) is 0 Å². The molecule has 3 heterocycles. The lowest BCUT2D eigenvalue weighted by Crippen LogP contribution is -2.49. The third-order valence-electron chi connectivity index (χ3n) is 3.28. The van der Waals surface area contributed by atoms with Crippen molar-refractivity contribution in [2.24, 2.45) is 5.92 Å². The van der Waals surface area contributed by atoms with Crippen molar-refractivity contribution in [1.82, 2.24) is 9.97 Å². The van der Waals surface area contributed by atoms with Crippen LogP contribution in [0.1, 0.15) is 5.56 Å². The summed E-state index contributed by atoms with van der Waals surface area (Å²) in [5.74, 6) is 2.23. The maximum Gasteiger partial charge on any atom is 0.137 e. The fraction of sp³-hybridized carbons (Fsp3) is 0.267. The van der Waals surface area contributed by atoms with E-state index in [1.165, 1.54) is 0 Å². The van der Waals surface area contributed by atoms with Gasteiger partial charge in [-0.3, -0.25) is 4.98 Å². The zero-order valence-electron chi connectivity index (χ0n) is 10.9. The minimum Gasteiger partial charge on any atom is -0.492 e. The van der Waals surface area contributed by atoms with Crippen LogP contribution in [-0.4, -0.2) is 29.7 Å². The lowest BCUT2D eigenvalue weighted by molar-refractivity contribution is 0.219. The molecule has 0 amide bonds. The zero-order valence-corrected chi connectivity index (χ0v) is 10.9. The molecule has 0 aromatic carbocycles. The van der Waals surface area contributed by atoms with Gasteiger partial charge in [0.2, 0.25) is 0 Å². The molecule has 0 spiro atoms. The van der Waals surface area contributed by atoms with Crippen LogP contribution in [0.4, 0.5) is 5.82 Å². The van der Waals surface area contributed by atoms with Gasteiger partial charge in [0.25, 0.3) is 0 Å². The molecule has 5 nitrogen and oxygen atoms in total. The van der Waals surface area contributed by atoms with Gasteiger partial charge in [0, 0.05) is 31.4 Å². The molecule has 0 saturated carbocycles. The van der Waals surface area contributed by atoms with Crippen LogP contribution in [0.3, 0.4) is 0 Å². The predicted molar refractivity (Wildman–Crippen MR) is 74.4 cm³/mol. The average molecular weight is 266 g/mol. The molecule has 1 saturated heterocycles. The Morgan fingerprint density at radius 3 is 2.85 bits per heavy atom. The molecule has 0 radical (unpaired) electrons. The number of rotatable bonds is 4. The van der Waals surface area contributed by atoms with Gasteiger partial charge in [0.05, 0.1) is 18.4 Å². The number of hydrogen-bond donors (Lipinski definition) is 0. The lowest BCUT2D eigenvalue weighted by Gasteiger charge is -2.39. The monoisotopic (exact) mass is 266 g/mol. The summed E-state index contributed by atoms with van der Waals surface area (Å²) in [5.41, 5.74) is 0.589. The molecule has 100 valence electrons. The fourth-order valence-corrected chi connectivity index (χ4v) is 2.15. The summed E-state index contributed by atoms with van der Waals surface area (Å²) in [6.07, 6.45) is 5.06. The van der Waals surface area contributed by atoms with E-state index in [9.17, 15) is 0 Å². The third kappa shape index (κ3) is 2.69. The molecule has 0 unspecified atom stereocenters. The third-order valence-corrected chi connectivity index (χ3v) is 3.28. The fourth-order valence-electron chi connectivity index (χ4n) is 2.15. The smallest absolute Gasteiger partial charge is 0.137 e. The lowest BCUT2D eigenvalue weighted by atomic mass is 10.0. The minimum atomic E-state index is 0.507. The first-order valence-electron chi connectivity index (χ1n) is 6.49. The van der Waals surface area contributed by atoms with Crippen LogP contribution in [0.5, 0.6) is 5.75 Å². The summed E-state index contributed by atoms with van der Waals surface area (Å²) < 4.78 is 5.68. The van der Waals surface area contributed by atoms with Gasteiger partial charge in [0.1, 0.15) is 17.6 Å². The second-order valence-corrected chi connectivity index (χ2v) is 4.79. The number of nitrogens with zero attached hydrogens (tertiary/aromatic N) is 4. The van der Waals surface area contributed by atoms with E-state index in [1.54, 1.807) is 24.7 Å². The maximum atomic E-state index is 8.73. The Labute approximate surface area is 117 Å². The van der Waals surface area contributed by atoms with Crippen molar-refractivity contribution >= 4 is 5.82 Å². The first-order valence-corrected chi connectivity index (χ1v) is 6.49. The molecular weight excluding hydrogens is 252 g/mol. The van der Waals surface area contributed by atoms with E-state index in [0.717, 1.165) is 24.7 Å². The molecule has 1 fully saturated rings. The topological polar surface area (TPSA) is 62.0 Å². The summed E-state index contributed by atoms with van der Waals surface area (Å²) in [6.45, 7) is 2.55. The van der Waals surface area contributed by atoms with Crippen molar-refractivity contribution in [3.63, 3.8) is 0 Å². The van der Waals surface area contributed by atoms with Crippen molar-refractivity contribution in [3.05, 3.63) is 48.4 Å². The molecule has 0 bridgehead atoms. The molecular formula is C15H14N4O. The van der Waals surface area contributed by atoms with Crippen molar-refractivity contribution in [2.75, 3.05) is 24.6 Å². The van der Waals surface area contributed by atoms with Crippen molar-refractivity contribution in [3.8, 4) is 11.8 Å². The Balaban J connectivity index is 1.48. The molecule has 1 aliphatic heterocycles. The summed E-state index contributed by atoms with van der Waals surface area (Å²) in [6, 6.07) is 9.52. The highest BCUT2D eigenvalue weighted by Gasteiger charge is 2.28. The highest BCUT2D eigenvalue weighted by molar-refractivity contribution is 5.44. The second-order valence-electron chi connectivity index (χ2n) is 4.79. The highest BCUT2D eigenvalue weighted by atomic mass is 16.5. The molecule has 3 rings (SSSR count). The molecule has 2 aromatic heterocycles. The second kappa shape index (κ2) is 5.57. The summed E-state index contributed by atoms with van der Waals surface area (Å²) in [5, 5.41) is 8.73. The van der Waals surface area contributed by atoms with Crippen LogP contribution < -0.4 is 9.64 Å². The Morgan fingerprint density at radius 2 is 2.20 bits per heavy atom. The summed E-state index contributed by atoms with van der Waals surface area (Å²) in [4.78, 5) is 10.5. The van der Waals surface area contributed by atoms with E-state index < -0.39 is 0 Å². The standard InChI is InChI=1S/C15H14N4O/c16-6-12-3-4-15(18-7-12)19-9-13(10-19)11-20-14-2-1-5-17-8-14/h1-5,7-8,13H,9-11H2. The molecule has 0 N–H and O–H groups in total. The zero-order chi connectivity index (χ0) is 13.8. The van der Waals surface area contributed by atoms with E-state index in [4.69, 9.17) is 10.00 Å². The van der Waals surface area contributed by atoms with Crippen LogP contribution >= 0.6 is 0 Å². The van der Waals surface area contributed by atoms with E-state index in [2.05, 4.69) is 20.9 Å². The van der Waals surface area contributed by atoms with Crippen LogP contribution in [-0.2, 0) is 0 Å². The van der Waals surface area contributed by atoms with Crippen molar-refractivity contribution in [2.45, 2.75) is 0 Å². The van der Waals surface area contributed by atoms with E-state index in [0.29, 0.717) is 18.1 Å². The predicted octanol–water partition coefficient (Wildman–Crippen LogP) is 1.86. The Morgan fingerprint density at radius 1 is 1.30 bits per heavy atom. The normalized spacial score (nSPS) is 14.4. The number of hydrogen-bond acceptors (Lipinski definition) is 5. The first kappa shape index (κ1) is 12.4. The van der Waals surface area contributed by atoms with Gasteiger partial charge in [-0.1, -0.05) is 0 Å². The quantitative estimate of drug-likeness (QED) is 0.845. The van der Waals surface area contributed by atoms with Gasteiger partial charge in [-0.15, -0.1) is 0 Å². The molecule has 20 heavy (non-hydrogen) atoms. The Hall–Kier alpha value is -2.61. The van der Waals surface area contributed by atoms with E-state index >= 15 is 0 Å². The van der Waals surface area contributed by atoms with Crippen molar-refractivity contribution < 1.29 is 4.74 Å². The molecule has 2 aromatic rings. The van der Waals surface area contributed by atoms with Gasteiger partial charge in [-0.2, -0.15) is 5.26 Å². The van der Waals surface area contributed by atoms with Gasteiger partial charge in [-0.25, -0.2) is 4.98 Å². The van der Waals surface area contributed by atoms with Gasteiger partial charge in [0.15, 0.2) is 0 Å². The molecule has 5 heteroatoms. The highest BCUT2D eigenvalue weighted by Crippen LogP contribution is 2.23. The minimum absolute atomic E-state index is 0.507. The van der Waals surface area contributed by atoms with E-state index in [1.807, 2.05) is 18.2 Å². The first-order chi connectivity index (χ1) is 9.85. The van der Waals surface area contributed by atoms with Crippen LogP contribution in [0.15, 0.2) is 42.9 Å². The molecule has 1 aliphatic rings. The summed E-state index contributed by atoms with van der Waals surface area (Å²) in [7, 11) is 0. The van der Waals surface area contributed by atoms with Crippen LogP contribution in [0.25, 0.3) is 0 Å². The van der Waals surface area contributed by atoms with Crippen LogP contribution in [0, 0.1) is 17.2 Å². The number of aromatic nitrogens is 2. The molecule has 0 atom stereocenters. The number of anilines is 1. The van der Waals surface area contributed by atoms with Gasteiger partial charge >= 0.3 is 0 Å². The van der Waals surface area contributed by atoms with Gasteiger partial charge < -0.3 is 9.64 Å². The molecule has 0 aliphatic carbocycles.